The van der Waals surface area contributed by atoms with Crippen molar-refractivity contribution in [2.24, 2.45) is 5.92 Å². The summed E-state index contributed by atoms with van der Waals surface area (Å²) >= 11 is 5.84. The fraction of sp³-hybridized carbons (Fsp3) is 0.286. The first-order valence-electron chi connectivity index (χ1n) is 6.11. The highest BCUT2D eigenvalue weighted by Crippen LogP contribution is 2.14. The minimum atomic E-state index is -0.966. The van der Waals surface area contributed by atoms with Gasteiger partial charge in [0, 0.05) is 11.1 Å². The number of halogens is 1. The van der Waals surface area contributed by atoms with E-state index < -0.39 is 17.9 Å². The molecule has 5 nitrogen and oxygen atoms in total. The van der Waals surface area contributed by atoms with Crippen LogP contribution in [0.3, 0.4) is 0 Å². The van der Waals surface area contributed by atoms with Gasteiger partial charge < -0.3 is 15.2 Å². The molecule has 1 fully saturated rings. The Morgan fingerprint density at radius 1 is 1.40 bits per heavy atom. The van der Waals surface area contributed by atoms with E-state index in [4.69, 9.17) is 21.4 Å². The predicted octanol–water partition coefficient (Wildman–Crippen LogP) is 1.57. The quantitative estimate of drug-likeness (QED) is 0.827. The third-order valence-electron chi connectivity index (χ3n) is 3.00. The van der Waals surface area contributed by atoms with Crippen molar-refractivity contribution in [3.05, 3.63) is 40.9 Å². The molecular weight excluding hydrogens is 282 g/mol. The number of amides is 1. The van der Waals surface area contributed by atoms with Crippen molar-refractivity contribution in [3.63, 3.8) is 0 Å². The number of carbonyl (C=O) groups excluding carboxylic acids is 1. The Bertz CT molecular complexity index is 544. The van der Waals surface area contributed by atoms with Crippen LogP contribution in [0.2, 0.25) is 5.02 Å². The third kappa shape index (κ3) is 3.82. The molecule has 0 aliphatic carbocycles. The van der Waals surface area contributed by atoms with E-state index in [0.29, 0.717) is 5.02 Å². The lowest BCUT2D eigenvalue weighted by molar-refractivity contribution is -0.142. The summed E-state index contributed by atoms with van der Waals surface area (Å²) in [4.78, 5) is 22.7. The van der Waals surface area contributed by atoms with Gasteiger partial charge in [0.2, 0.25) is 5.91 Å². The number of carbonyl (C=O) groups is 2. The lowest BCUT2D eigenvalue weighted by Gasteiger charge is -2.14. The van der Waals surface area contributed by atoms with Gasteiger partial charge in [-0.25, -0.2) is 0 Å². The van der Waals surface area contributed by atoms with Crippen molar-refractivity contribution in [1.29, 1.82) is 0 Å². The Morgan fingerprint density at radius 2 is 2.20 bits per heavy atom. The molecule has 1 aliphatic heterocycles. The number of aliphatic carboxylic acids is 1. The second kappa shape index (κ2) is 6.54. The standard InChI is InChI=1S/C14H14ClNO4/c15-10-3-1-2-9(6-10)4-5-13(17)16-12-8-20-7-11(12)14(18)19/h1-6,11-12H,7-8H2,(H,16,17)(H,18,19). The maximum atomic E-state index is 11.7. The topological polar surface area (TPSA) is 75.6 Å². The fourth-order valence-corrected chi connectivity index (χ4v) is 2.15. The summed E-state index contributed by atoms with van der Waals surface area (Å²) in [6.07, 6.45) is 2.97. The molecule has 1 saturated heterocycles. The van der Waals surface area contributed by atoms with Crippen molar-refractivity contribution in [2.75, 3.05) is 13.2 Å². The SMILES string of the molecule is O=C(C=Cc1cccc(Cl)c1)NC1COCC1C(=O)O. The van der Waals surface area contributed by atoms with Crippen molar-refractivity contribution in [2.45, 2.75) is 6.04 Å². The van der Waals surface area contributed by atoms with Gasteiger partial charge >= 0.3 is 5.97 Å². The van der Waals surface area contributed by atoms with Crippen LogP contribution in [0.5, 0.6) is 0 Å². The van der Waals surface area contributed by atoms with Crippen molar-refractivity contribution < 1.29 is 19.4 Å². The number of hydrogen-bond acceptors (Lipinski definition) is 3. The highest BCUT2D eigenvalue weighted by molar-refractivity contribution is 6.30. The molecule has 0 bridgehead atoms. The Kier molecular flexibility index (Phi) is 4.76. The van der Waals surface area contributed by atoms with Crippen LogP contribution in [0.4, 0.5) is 0 Å². The molecule has 1 aromatic rings. The Balaban J connectivity index is 1.94. The number of rotatable bonds is 4. The summed E-state index contributed by atoms with van der Waals surface area (Å²) in [7, 11) is 0. The van der Waals surface area contributed by atoms with Crippen molar-refractivity contribution in [1.82, 2.24) is 5.32 Å². The van der Waals surface area contributed by atoms with Gasteiger partial charge in [0.25, 0.3) is 0 Å². The highest BCUT2D eigenvalue weighted by Gasteiger charge is 2.34. The second-order valence-corrected chi connectivity index (χ2v) is 4.92. The van der Waals surface area contributed by atoms with E-state index in [1.807, 2.05) is 6.07 Å². The lowest BCUT2D eigenvalue weighted by Crippen LogP contribution is -2.41. The van der Waals surface area contributed by atoms with Gasteiger partial charge in [0.1, 0.15) is 5.92 Å². The maximum Gasteiger partial charge on any atom is 0.311 e. The Morgan fingerprint density at radius 3 is 2.90 bits per heavy atom. The normalized spacial score (nSPS) is 22.1. The van der Waals surface area contributed by atoms with Crippen LogP contribution in [-0.4, -0.2) is 36.2 Å². The summed E-state index contributed by atoms with van der Waals surface area (Å²) in [6, 6.07) is 6.57. The zero-order valence-corrected chi connectivity index (χ0v) is 11.3. The molecule has 1 heterocycles. The molecule has 2 rings (SSSR count). The molecule has 0 aromatic heterocycles. The molecule has 2 atom stereocenters. The molecule has 2 N–H and O–H groups in total. The number of nitrogens with one attached hydrogen (secondary N) is 1. The van der Waals surface area contributed by atoms with E-state index in [0.717, 1.165) is 5.56 Å². The summed E-state index contributed by atoms with van der Waals surface area (Å²) in [5, 5.41) is 12.2. The molecule has 20 heavy (non-hydrogen) atoms. The number of hydrogen-bond donors (Lipinski definition) is 2. The zero-order valence-electron chi connectivity index (χ0n) is 10.6. The molecule has 1 aliphatic rings. The third-order valence-corrected chi connectivity index (χ3v) is 3.24. The van der Waals surface area contributed by atoms with Gasteiger partial charge in [-0.1, -0.05) is 23.7 Å². The molecule has 1 aromatic carbocycles. The highest BCUT2D eigenvalue weighted by atomic mass is 35.5. The number of ether oxygens (including phenoxy) is 1. The molecular formula is C14H14ClNO4. The van der Waals surface area contributed by atoms with Crippen LogP contribution in [0, 0.1) is 5.92 Å². The van der Waals surface area contributed by atoms with Gasteiger partial charge in [-0.3, -0.25) is 9.59 Å². The number of benzene rings is 1. The first-order chi connectivity index (χ1) is 9.56. The van der Waals surface area contributed by atoms with Crippen LogP contribution in [0.15, 0.2) is 30.3 Å². The Labute approximate surface area is 121 Å². The van der Waals surface area contributed by atoms with E-state index in [1.54, 1.807) is 24.3 Å². The molecule has 6 heteroatoms. The zero-order chi connectivity index (χ0) is 14.5. The molecule has 0 radical (unpaired) electrons. The first kappa shape index (κ1) is 14.6. The minimum Gasteiger partial charge on any atom is -0.481 e. The van der Waals surface area contributed by atoms with E-state index in [2.05, 4.69) is 5.32 Å². The maximum absolute atomic E-state index is 11.7. The fourth-order valence-electron chi connectivity index (χ4n) is 1.95. The summed E-state index contributed by atoms with van der Waals surface area (Å²) in [5.74, 6) is -2.02. The number of carboxylic acid groups (broad SMARTS) is 1. The van der Waals surface area contributed by atoms with Crippen LogP contribution in [-0.2, 0) is 14.3 Å². The van der Waals surface area contributed by atoms with Crippen molar-refractivity contribution in [3.8, 4) is 0 Å². The van der Waals surface area contributed by atoms with E-state index in [1.165, 1.54) is 6.08 Å². The van der Waals surface area contributed by atoms with Gasteiger partial charge in [0.05, 0.1) is 19.3 Å². The molecule has 0 saturated carbocycles. The lowest BCUT2D eigenvalue weighted by atomic mass is 10.0. The van der Waals surface area contributed by atoms with Crippen LogP contribution < -0.4 is 5.32 Å². The van der Waals surface area contributed by atoms with E-state index >= 15 is 0 Å². The van der Waals surface area contributed by atoms with Gasteiger partial charge in [0.15, 0.2) is 0 Å². The minimum absolute atomic E-state index is 0.123. The first-order valence-corrected chi connectivity index (χ1v) is 6.49. The average Bonchev–Trinajstić information content (AvgIpc) is 2.85. The summed E-state index contributed by atoms with van der Waals surface area (Å²) < 4.78 is 5.07. The summed E-state index contributed by atoms with van der Waals surface area (Å²) in [5.41, 5.74) is 0.796. The Hall–Kier alpha value is -1.85. The van der Waals surface area contributed by atoms with E-state index in [-0.39, 0.29) is 19.1 Å². The van der Waals surface area contributed by atoms with Crippen LogP contribution >= 0.6 is 11.6 Å². The average molecular weight is 296 g/mol. The molecule has 0 spiro atoms. The van der Waals surface area contributed by atoms with Crippen molar-refractivity contribution >= 4 is 29.6 Å². The molecule has 106 valence electrons. The molecule has 2 unspecified atom stereocenters. The van der Waals surface area contributed by atoms with Crippen LogP contribution in [0.1, 0.15) is 5.56 Å². The van der Waals surface area contributed by atoms with Gasteiger partial charge in [-0.05, 0) is 23.8 Å². The molecule has 1 amide bonds. The van der Waals surface area contributed by atoms with Gasteiger partial charge in [-0.15, -0.1) is 0 Å². The van der Waals surface area contributed by atoms with Gasteiger partial charge in [-0.2, -0.15) is 0 Å². The van der Waals surface area contributed by atoms with E-state index in [9.17, 15) is 9.59 Å². The monoisotopic (exact) mass is 295 g/mol. The largest absolute Gasteiger partial charge is 0.481 e. The number of carboxylic acids is 1. The second-order valence-electron chi connectivity index (χ2n) is 4.49. The summed E-state index contributed by atoms with van der Waals surface area (Å²) in [6.45, 7) is 0.339. The van der Waals surface area contributed by atoms with Crippen LogP contribution in [0.25, 0.3) is 6.08 Å². The predicted molar refractivity (Wildman–Crippen MR) is 74.4 cm³/mol. The smallest absolute Gasteiger partial charge is 0.311 e.